The maximum Gasteiger partial charge on any atom is 0.122 e. The minimum Gasteiger partial charge on any atom is -0.490 e. The molecule has 2 nitrogen and oxygen atoms in total. The van der Waals surface area contributed by atoms with Gasteiger partial charge in [0.1, 0.15) is 12.4 Å². The Morgan fingerprint density at radius 3 is 2.15 bits per heavy atom. The first-order valence-electron chi connectivity index (χ1n) is 7.95. The summed E-state index contributed by atoms with van der Waals surface area (Å²) < 4.78 is 5.84. The van der Waals surface area contributed by atoms with Crippen molar-refractivity contribution in [3.05, 3.63) is 29.3 Å². The third-order valence-electron chi connectivity index (χ3n) is 4.47. The largest absolute Gasteiger partial charge is 0.490 e. The predicted molar refractivity (Wildman–Crippen MR) is 85.5 cm³/mol. The zero-order chi connectivity index (χ0) is 15.2. The Bertz CT molecular complexity index is 404. The number of ether oxygens (including phenoxy) is 1. The Balaban J connectivity index is 2.78. The summed E-state index contributed by atoms with van der Waals surface area (Å²) in [6.45, 7) is 10.9. The van der Waals surface area contributed by atoms with Crippen LogP contribution in [-0.2, 0) is 0 Å². The molecule has 2 heteroatoms. The first-order chi connectivity index (χ1) is 9.49. The highest BCUT2D eigenvalue weighted by Crippen LogP contribution is 2.28. The third-order valence-corrected chi connectivity index (χ3v) is 4.47. The quantitative estimate of drug-likeness (QED) is 0.738. The maximum atomic E-state index is 10.3. The molecular formula is C18H30O2. The Morgan fingerprint density at radius 2 is 1.70 bits per heavy atom. The van der Waals surface area contributed by atoms with Crippen LogP contribution in [0.5, 0.6) is 5.75 Å². The molecule has 0 aliphatic carbocycles. The van der Waals surface area contributed by atoms with E-state index < -0.39 is 5.60 Å². The van der Waals surface area contributed by atoms with E-state index in [1.165, 1.54) is 18.4 Å². The molecule has 1 rings (SSSR count). The average molecular weight is 278 g/mol. The number of hydrogen-bond donors (Lipinski definition) is 1. The van der Waals surface area contributed by atoms with Gasteiger partial charge in [-0.3, -0.25) is 0 Å². The van der Waals surface area contributed by atoms with E-state index in [2.05, 4.69) is 39.0 Å². The summed E-state index contributed by atoms with van der Waals surface area (Å²) in [5.74, 6) is 1.52. The molecule has 0 aliphatic rings. The normalized spacial score (nSPS) is 11.9. The van der Waals surface area contributed by atoms with Gasteiger partial charge in [-0.05, 0) is 55.7 Å². The van der Waals surface area contributed by atoms with E-state index in [1.807, 2.05) is 13.8 Å². The highest BCUT2D eigenvalue weighted by atomic mass is 16.5. The summed E-state index contributed by atoms with van der Waals surface area (Å²) in [6.07, 6.45) is 3.77. The van der Waals surface area contributed by atoms with Crippen LogP contribution in [0.2, 0.25) is 0 Å². The van der Waals surface area contributed by atoms with Crippen LogP contribution in [0.1, 0.15) is 70.4 Å². The fourth-order valence-corrected chi connectivity index (χ4v) is 2.51. The summed E-state index contributed by atoms with van der Waals surface area (Å²) >= 11 is 0. The van der Waals surface area contributed by atoms with Gasteiger partial charge < -0.3 is 9.84 Å². The van der Waals surface area contributed by atoms with Gasteiger partial charge in [0.15, 0.2) is 0 Å². The van der Waals surface area contributed by atoms with Crippen molar-refractivity contribution in [2.24, 2.45) is 0 Å². The molecule has 0 radical (unpaired) electrons. The smallest absolute Gasteiger partial charge is 0.122 e. The topological polar surface area (TPSA) is 29.5 Å². The molecule has 0 bridgehead atoms. The number of aryl methyl sites for hydroxylation is 1. The van der Waals surface area contributed by atoms with Crippen molar-refractivity contribution in [2.45, 2.75) is 71.8 Å². The number of benzene rings is 1. The Morgan fingerprint density at radius 1 is 1.10 bits per heavy atom. The molecule has 1 aromatic rings. The monoisotopic (exact) mass is 278 g/mol. The van der Waals surface area contributed by atoms with Crippen molar-refractivity contribution in [1.29, 1.82) is 0 Å². The molecule has 1 aromatic carbocycles. The maximum absolute atomic E-state index is 10.3. The van der Waals surface area contributed by atoms with E-state index in [-0.39, 0.29) is 0 Å². The molecule has 0 spiro atoms. The van der Waals surface area contributed by atoms with Crippen LogP contribution in [-0.4, -0.2) is 17.3 Å². The van der Waals surface area contributed by atoms with Crippen LogP contribution in [0, 0.1) is 6.92 Å². The second-order valence-corrected chi connectivity index (χ2v) is 5.76. The lowest BCUT2D eigenvalue weighted by molar-refractivity contribution is -0.0115. The second kappa shape index (κ2) is 7.68. The number of hydrogen-bond acceptors (Lipinski definition) is 2. The van der Waals surface area contributed by atoms with Gasteiger partial charge in [-0.1, -0.05) is 39.8 Å². The molecule has 1 N–H and O–H groups in total. The molecule has 20 heavy (non-hydrogen) atoms. The van der Waals surface area contributed by atoms with E-state index >= 15 is 0 Å². The van der Waals surface area contributed by atoms with E-state index in [9.17, 15) is 5.11 Å². The molecule has 0 aromatic heterocycles. The summed E-state index contributed by atoms with van der Waals surface area (Å²) in [5.41, 5.74) is 1.84. The first kappa shape index (κ1) is 17.0. The lowest BCUT2D eigenvalue weighted by atomic mass is 9.92. The van der Waals surface area contributed by atoms with E-state index in [4.69, 9.17) is 4.74 Å². The van der Waals surface area contributed by atoms with Gasteiger partial charge in [0.2, 0.25) is 0 Å². The molecule has 0 heterocycles. The highest BCUT2D eigenvalue weighted by molar-refractivity contribution is 5.37. The van der Waals surface area contributed by atoms with Crippen molar-refractivity contribution in [2.75, 3.05) is 6.61 Å². The van der Waals surface area contributed by atoms with Crippen LogP contribution >= 0.6 is 0 Å². The lowest BCUT2D eigenvalue weighted by Gasteiger charge is -2.26. The minimum absolute atomic E-state index is 0.366. The molecule has 0 saturated carbocycles. The first-order valence-corrected chi connectivity index (χ1v) is 7.95. The van der Waals surface area contributed by atoms with Crippen molar-refractivity contribution in [3.63, 3.8) is 0 Å². The van der Waals surface area contributed by atoms with Gasteiger partial charge in [-0.25, -0.2) is 0 Å². The third kappa shape index (κ3) is 4.24. The average Bonchev–Trinajstić information content (AvgIpc) is 2.47. The summed E-state index contributed by atoms with van der Waals surface area (Å²) in [7, 11) is 0. The standard InChI is InChI=1S/C18H30O2/c1-6-15(7-2)16-10-11-17(14(5)12-16)20-13-18(19,8-3)9-4/h10-12,15,19H,6-9,13H2,1-5H3. The fraction of sp³-hybridized carbons (Fsp3) is 0.667. The number of aliphatic hydroxyl groups is 1. The van der Waals surface area contributed by atoms with E-state index in [0.717, 1.165) is 11.3 Å². The lowest BCUT2D eigenvalue weighted by Crippen LogP contribution is -2.34. The molecular weight excluding hydrogens is 248 g/mol. The van der Waals surface area contributed by atoms with Crippen molar-refractivity contribution in [3.8, 4) is 5.75 Å². The van der Waals surface area contributed by atoms with Crippen molar-refractivity contribution < 1.29 is 9.84 Å². The van der Waals surface area contributed by atoms with Gasteiger partial charge in [0, 0.05) is 0 Å². The van der Waals surface area contributed by atoms with Crippen LogP contribution < -0.4 is 4.74 Å². The fourth-order valence-electron chi connectivity index (χ4n) is 2.51. The molecule has 0 fully saturated rings. The second-order valence-electron chi connectivity index (χ2n) is 5.76. The van der Waals surface area contributed by atoms with Crippen molar-refractivity contribution >= 4 is 0 Å². The highest BCUT2D eigenvalue weighted by Gasteiger charge is 2.23. The summed E-state index contributed by atoms with van der Waals surface area (Å²) in [4.78, 5) is 0. The van der Waals surface area contributed by atoms with E-state index in [0.29, 0.717) is 25.4 Å². The van der Waals surface area contributed by atoms with Crippen LogP contribution in [0.25, 0.3) is 0 Å². The molecule has 0 saturated heterocycles. The number of rotatable bonds is 8. The molecule has 0 unspecified atom stereocenters. The van der Waals surface area contributed by atoms with Crippen LogP contribution in [0.4, 0.5) is 0 Å². The van der Waals surface area contributed by atoms with E-state index in [1.54, 1.807) is 0 Å². The van der Waals surface area contributed by atoms with Crippen LogP contribution in [0.3, 0.4) is 0 Å². The zero-order valence-corrected chi connectivity index (χ0v) is 13.7. The zero-order valence-electron chi connectivity index (χ0n) is 13.7. The Kier molecular flexibility index (Phi) is 6.54. The Labute approximate surface area is 124 Å². The van der Waals surface area contributed by atoms with Gasteiger partial charge in [0.05, 0.1) is 5.60 Å². The van der Waals surface area contributed by atoms with Crippen molar-refractivity contribution in [1.82, 2.24) is 0 Å². The predicted octanol–water partition coefficient (Wildman–Crippen LogP) is 4.83. The molecule has 0 amide bonds. The molecule has 114 valence electrons. The summed E-state index contributed by atoms with van der Waals surface area (Å²) in [6, 6.07) is 6.44. The SMILES string of the molecule is CCC(CC)c1ccc(OCC(O)(CC)CC)c(C)c1. The van der Waals surface area contributed by atoms with Crippen LogP contribution in [0.15, 0.2) is 18.2 Å². The minimum atomic E-state index is -0.708. The molecule has 0 aliphatic heterocycles. The Hall–Kier alpha value is -1.02. The van der Waals surface area contributed by atoms with Gasteiger partial charge in [0.25, 0.3) is 0 Å². The summed E-state index contributed by atoms with van der Waals surface area (Å²) in [5, 5.41) is 10.3. The van der Waals surface area contributed by atoms with Gasteiger partial charge in [-0.15, -0.1) is 0 Å². The molecule has 0 atom stereocenters. The van der Waals surface area contributed by atoms with Gasteiger partial charge in [-0.2, -0.15) is 0 Å². The van der Waals surface area contributed by atoms with Gasteiger partial charge >= 0.3 is 0 Å².